The van der Waals surface area contributed by atoms with E-state index in [4.69, 9.17) is 0 Å². The van der Waals surface area contributed by atoms with Crippen LogP contribution in [0.15, 0.2) is 24.4 Å². The van der Waals surface area contributed by atoms with Crippen molar-refractivity contribution in [3.63, 3.8) is 0 Å². The summed E-state index contributed by atoms with van der Waals surface area (Å²) in [5, 5.41) is 0.632. The van der Waals surface area contributed by atoms with Gasteiger partial charge in [-0.25, -0.2) is 9.97 Å². The van der Waals surface area contributed by atoms with Crippen LogP contribution in [-0.2, 0) is 12.6 Å². The molecule has 0 radical (unpaired) electrons. The molecule has 0 bridgehead atoms. The maximum Gasteiger partial charge on any atom is 0.433 e. The van der Waals surface area contributed by atoms with Crippen LogP contribution in [0.1, 0.15) is 18.2 Å². The average Bonchev–Trinajstić information content (AvgIpc) is 2.26. The summed E-state index contributed by atoms with van der Waals surface area (Å²) in [6.07, 6.45) is -2.69. The van der Waals surface area contributed by atoms with Crippen molar-refractivity contribution in [3.8, 4) is 0 Å². The summed E-state index contributed by atoms with van der Waals surface area (Å²) >= 11 is 0. The van der Waals surface area contributed by atoms with Crippen LogP contribution in [0.4, 0.5) is 13.2 Å². The van der Waals surface area contributed by atoms with Crippen LogP contribution in [0, 0.1) is 0 Å². The van der Waals surface area contributed by atoms with E-state index in [0.717, 1.165) is 0 Å². The van der Waals surface area contributed by atoms with Gasteiger partial charge in [-0.05, 0) is 30.2 Å². The molecule has 0 aromatic carbocycles. The molecule has 0 amide bonds. The number of pyridine rings is 2. The van der Waals surface area contributed by atoms with Crippen LogP contribution >= 0.6 is 0 Å². The molecule has 2 heterocycles. The van der Waals surface area contributed by atoms with Gasteiger partial charge in [-0.15, -0.1) is 0 Å². The van der Waals surface area contributed by atoms with Crippen LogP contribution in [-0.4, -0.2) is 9.97 Å². The largest absolute Gasteiger partial charge is 0.433 e. The van der Waals surface area contributed by atoms with Crippen LogP contribution < -0.4 is 0 Å². The van der Waals surface area contributed by atoms with Gasteiger partial charge >= 0.3 is 6.18 Å². The number of alkyl halides is 3. The Morgan fingerprint density at radius 2 is 2.06 bits per heavy atom. The minimum Gasteiger partial charge on any atom is -0.237 e. The Morgan fingerprint density at radius 1 is 1.31 bits per heavy atom. The molecule has 0 saturated carbocycles. The number of halogens is 3. The third-order valence-electron chi connectivity index (χ3n) is 2.32. The molecule has 16 heavy (non-hydrogen) atoms. The molecular weight excluding hydrogens is 217 g/mol. The van der Waals surface area contributed by atoms with Crippen molar-refractivity contribution < 1.29 is 13.2 Å². The molecule has 2 nitrogen and oxygen atoms in total. The zero-order chi connectivity index (χ0) is 11.8. The molecule has 2 rings (SSSR count). The molecule has 0 spiro atoms. The van der Waals surface area contributed by atoms with Crippen molar-refractivity contribution in [1.29, 1.82) is 0 Å². The molecular formula is C11H9F3N2. The molecule has 0 atom stereocenters. The summed E-state index contributed by atoms with van der Waals surface area (Å²) in [6.45, 7) is 1.68. The van der Waals surface area contributed by atoms with Crippen molar-refractivity contribution in [2.24, 2.45) is 0 Å². The monoisotopic (exact) mass is 226 g/mol. The Hall–Kier alpha value is -1.65. The van der Waals surface area contributed by atoms with E-state index < -0.39 is 11.9 Å². The van der Waals surface area contributed by atoms with E-state index in [2.05, 4.69) is 9.97 Å². The summed E-state index contributed by atoms with van der Waals surface area (Å²) in [7, 11) is 0. The molecule has 2 aromatic heterocycles. The van der Waals surface area contributed by atoms with Crippen LogP contribution in [0.25, 0.3) is 11.0 Å². The number of fused-ring (bicyclic) bond motifs is 1. The maximum absolute atomic E-state index is 12.7. The lowest BCUT2D eigenvalue weighted by Crippen LogP contribution is -2.12. The van der Waals surface area contributed by atoms with Gasteiger partial charge in [-0.1, -0.05) is 6.92 Å². The molecule has 0 aliphatic rings. The van der Waals surface area contributed by atoms with E-state index in [1.807, 2.05) is 0 Å². The summed E-state index contributed by atoms with van der Waals surface area (Å²) in [5.41, 5.74) is -0.499. The summed E-state index contributed by atoms with van der Waals surface area (Å²) in [6, 6.07) is 4.88. The fourth-order valence-electron chi connectivity index (χ4n) is 1.56. The highest BCUT2D eigenvalue weighted by atomic mass is 19.4. The Kier molecular flexibility index (Phi) is 2.53. The van der Waals surface area contributed by atoms with E-state index in [1.54, 1.807) is 19.1 Å². The molecule has 0 saturated heterocycles. The van der Waals surface area contributed by atoms with Gasteiger partial charge in [0.1, 0.15) is 5.69 Å². The van der Waals surface area contributed by atoms with Crippen molar-refractivity contribution in [2.45, 2.75) is 19.5 Å². The molecule has 0 aliphatic carbocycles. The molecule has 0 unspecified atom stereocenters. The predicted molar refractivity (Wildman–Crippen MR) is 53.9 cm³/mol. The lowest BCUT2D eigenvalue weighted by atomic mass is 10.1. The molecule has 0 fully saturated rings. The van der Waals surface area contributed by atoms with Gasteiger partial charge in [-0.2, -0.15) is 13.2 Å². The van der Waals surface area contributed by atoms with Crippen molar-refractivity contribution in [1.82, 2.24) is 9.97 Å². The zero-order valence-corrected chi connectivity index (χ0v) is 8.54. The molecule has 5 heteroatoms. The van der Waals surface area contributed by atoms with Gasteiger partial charge in [0.05, 0.1) is 0 Å². The van der Waals surface area contributed by atoms with Crippen molar-refractivity contribution >= 4 is 11.0 Å². The summed E-state index contributed by atoms with van der Waals surface area (Å²) in [4.78, 5) is 7.40. The van der Waals surface area contributed by atoms with E-state index in [0.29, 0.717) is 11.8 Å². The second-order valence-electron chi connectivity index (χ2n) is 3.40. The molecule has 0 aliphatic heterocycles. The third kappa shape index (κ3) is 1.85. The Labute approximate surface area is 90.1 Å². The van der Waals surface area contributed by atoms with Gasteiger partial charge in [0.2, 0.25) is 0 Å². The van der Waals surface area contributed by atoms with Gasteiger partial charge in [-0.3, -0.25) is 0 Å². The third-order valence-corrected chi connectivity index (χ3v) is 2.32. The number of rotatable bonds is 1. The fourth-order valence-corrected chi connectivity index (χ4v) is 1.56. The van der Waals surface area contributed by atoms with Gasteiger partial charge in [0.25, 0.3) is 0 Å². The minimum absolute atomic E-state index is 0.132. The predicted octanol–water partition coefficient (Wildman–Crippen LogP) is 3.21. The summed E-state index contributed by atoms with van der Waals surface area (Å²) in [5.74, 6) is 0. The topological polar surface area (TPSA) is 25.8 Å². The highest BCUT2D eigenvalue weighted by molar-refractivity contribution is 5.75. The number of aromatic nitrogens is 2. The van der Waals surface area contributed by atoms with Gasteiger partial charge < -0.3 is 0 Å². The second-order valence-corrected chi connectivity index (χ2v) is 3.40. The first-order valence-electron chi connectivity index (χ1n) is 4.84. The van der Waals surface area contributed by atoms with Crippen LogP contribution in [0.2, 0.25) is 0 Å². The molecule has 0 N–H and O–H groups in total. The first-order valence-corrected chi connectivity index (χ1v) is 4.84. The molecule has 84 valence electrons. The Morgan fingerprint density at radius 3 is 2.69 bits per heavy atom. The number of nitrogens with zero attached hydrogens (tertiary/aromatic N) is 2. The SMILES string of the molecule is CCc1cc2cccnc2nc1C(F)(F)F. The van der Waals surface area contributed by atoms with Gasteiger partial charge in [0.15, 0.2) is 5.65 Å². The quantitative estimate of drug-likeness (QED) is 0.746. The standard InChI is InChI=1S/C11H9F3N2/c1-2-7-6-8-4-3-5-15-10(8)16-9(7)11(12,13)14/h3-6H,2H2,1H3. The number of hydrogen-bond donors (Lipinski definition) is 0. The van der Waals surface area contributed by atoms with Crippen molar-refractivity contribution in [2.75, 3.05) is 0 Å². The minimum atomic E-state index is -4.42. The molecule has 2 aromatic rings. The van der Waals surface area contributed by atoms with E-state index in [1.165, 1.54) is 12.3 Å². The lowest BCUT2D eigenvalue weighted by molar-refractivity contribution is -0.141. The highest BCUT2D eigenvalue weighted by Gasteiger charge is 2.35. The smallest absolute Gasteiger partial charge is 0.237 e. The second kappa shape index (κ2) is 3.73. The maximum atomic E-state index is 12.7. The van der Waals surface area contributed by atoms with E-state index in [-0.39, 0.29) is 11.2 Å². The number of hydrogen-bond acceptors (Lipinski definition) is 2. The summed E-state index contributed by atoms with van der Waals surface area (Å²) < 4.78 is 38.0. The number of aryl methyl sites for hydroxylation is 1. The lowest BCUT2D eigenvalue weighted by Gasteiger charge is -2.11. The average molecular weight is 226 g/mol. The first kappa shape index (κ1) is 10.9. The van der Waals surface area contributed by atoms with Gasteiger partial charge in [0, 0.05) is 11.6 Å². The fraction of sp³-hybridized carbons (Fsp3) is 0.273. The Bertz CT molecular complexity index is 520. The van der Waals surface area contributed by atoms with E-state index in [9.17, 15) is 13.2 Å². The van der Waals surface area contributed by atoms with Crippen LogP contribution in [0.5, 0.6) is 0 Å². The van der Waals surface area contributed by atoms with E-state index >= 15 is 0 Å². The zero-order valence-electron chi connectivity index (χ0n) is 8.54. The van der Waals surface area contributed by atoms with Crippen LogP contribution in [0.3, 0.4) is 0 Å². The Balaban J connectivity index is 2.73. The normalized spacial score (nSPS) is 12.0. The van der Waals surface area contributed by atoms with Crippen molar-refractivity contribution in [3.05, 3.63) is 35.7 Å². The first-order chi connectivity index (χ1) is 7.52. The highest BCUT2D eigenvalue weighted by Crippen LogP contribution is 2.32.